The molecule has 136 valence electrons. The van der Waals surface area contributed by atoms with E-state index >= 15 is 0 Å². The number of nitrogens with one attached hydrogen (secondary N) is 1. The first-order valence-electron chi connectivity index (χ1n) is 8.88. The summed E-state index contributed by atoms with van der Waals surface area (Å²) < 4.78 is 0. The molecule has 2 aromatic rings. The van der Waals surface area contributed by atoms with E-state index in [4.69, 9.17) is 5.11 Å². The standard InChI is InChI=1S/C21H24N2O3/c1-14(21(25)26)13-15-7-9-16(10-8-15)22-20(24)18-11-12-23(2)19-6-4-3-5-17(18)19/h3-10,14,18H,11-13H2,1-2H3,(H,22,24)(H,25,26). The minimum absolute atomic E-state index is 0.00259. The molecule has 0 bridgehead atoms. The zero-order valence-electron chi connectivity index (χ0n) is 15.1. The number of carboxylic acid groups (broad SMARTS) is 1. The fourth-order valence-corrected chi connectivity index (χ4v) is 3.40. The van der Waals surface area contributed by atoms with Gasteiger partial charge in [-0.2, -0.15) is 0 Å². The lowest BCUT2D eigenvalue weighted by Crippen LogP contribution is -2.32. The van der Waals surface area contributed by atoms with Gasteiger partial charge in [0.05, 0.1) is 11.8 Å². The predicted octanol–water partition coefficient (Wildman–Crippen LogP) is 3.51. The molecular formula is C21H24N2O3. The fourth-order valence-electron chi connectivity index (χ4n) is 3.40. The molecule has 1 aliphatic rings. The molecular weight excluding hydrogens is 328 g/mol. The van der Waals surface area contributed by atoms with Crippen molar-refractivity contribution in [2.45, 2.75) is 25.7 Å². The van der Waals surface area contributed by atoms with Crippen molar-refractivity contribution in [2.75, 3.05) is 23.8 Å². The molecule has 0 fully saturated rings. The fraction of sp³-hybridized carbons (Fsp3) is 0.333. The Morgan fingerprint density at radius 3 is 2.58 bits per heavy atom. The van der Waals surface area contributed by atoms with E-state index in [0.29, 0.717) is 6.42 Å². The Bertz CT molecular complexity index is 801. The Hall–Kier alpha value is -2.82. The van der Waals surface area contributed by atoms with Crippen LogP contribution in [0.1, 0.15) is 30.4 Å². The number of para-hydroxylation sites is 1. The van der Waals surface area contributed by atoms with E-state index in [1.807, 2.05) is 55.6 Å². The van der Waals surface area contributed by atoms with Crippen LogP contribution in [0.4, 0.5) is 11.4 Å². The summed E-state index contributed by atoms with van der Waals surface area (Å²) in [6.45, 7) is 2.54. The lowest BCUT2D eigenvalue weighted by molar-refractivity contribution is -0.141. The molecule has 0 spiro atoms. The number of hydrogen-bond donors (Lipinski definition) is 2. The lowest BCUT2D eigenvalue weighted by atomic mass is 9.89. The van der Waals surface area contributed by atoms with E-state index < -0.39 is 11.9 Å². The summed E-state index contributed by atoms with van der Waals surface area (Å²) in [6.07, 6.45) is 1.26. The third-order valence-corrected chi connectivity index (χ3v) is 4.98. The van der Waals surface area contributed by atoms with Crippen molar-refractivity contribution in [3.8, 4) is 0 Å². The molecule has 1 aliphatic heterocycles. The second-order valence-electron chi connectivity index (χ2n) is 6.95. The van der Waals surface area contributed by atoms with Crippen LogP contribution in [0.2, 0.25) is 0 Å². The summed E-state index contributed by atoms with van der Waals surface area (Å²) in [4.78, 5) is 25.9. The van der Waals surface area contributed by atoms with Gasteiger partial charge in [0.15, 0.2) is 0 Å². The largest absolute Gasteiger partial charge is 0.481 e. The molecule has 0 saturated heterocycles. The van der Waals surface area contributed by atoms with Crippen LogP contribution in [-0.4, -0.2) is 30.6 Å². The summed E-state index contributed by atoms with van der Waals surface area (Å²) in [6, 6.07) is 15.4. The highest BCUT2D eigenvalue weighted by atomic mass is 16.4. The average Bonchev–Trinajstić information content (AvgIpc) is 2.63. The van der Waals surface area contributed by atoms with E-state index in [2.05, 4.69) is 10.2 Å². The molecule has 5 heteroatoms. The Morgan fingerprint density at radius 2 is 1.88 bits per heavy atom. The number of nitrogens with zero attached hydrogens (tertiary/aromatic N) is 1. The van der Waals surface area contributed by atoms with Crippen molar-refractivity contribution < 1.29 is 14.7 Å². The van der Waals surface area contributed by atoms with Gasteiger partial charge < -0.3 is 15.3 Å². The smallest absolute Gasteiger partial charge is 0.306 e. The molecule has 0 aromatic heterocycles. The van der Waals surface area contributed by atoms with Crippen LogP contribution in [0, 0.1) is 5.92 Å². The highest BCUT2D eigenvalue weighted by molar-refractivity contribution is 5.97. The zero-order valence-corrected chi connectivity index (χ0v) is 15.1. The molecule has 1 amide bonds. The molecule has 2 aromatic carbocycles. The van der Waals surface area contributed by atoms with Gasteiger partial charge in [-0.15, -0.1) is 0 Å². The number of carbonyl (C=O) groups is 2. The second-order valence-corrected chi connectivity index (χ2v) is 6.95. The molecule has 5 nitrogen and oxygen atoms in total. The van der Waals surface area contributed by atoms with Gasteiger partial charge in [0.1, 0.15) is 0 Å². The average molecular weight is 352 g/mol. The Balaban J connectivity index is 1.69. The van der Waals surface area contributed by atoms with Crippen LogP contribution in [0.5, 0.6) is 0 Å². The van der Waals surface area contributed by atoms with Crippen molar-refractivity contribution in [1.29, 1.82) is 0 Å². The van der Waals surface area contributed by atoms with Crippen molar-refractivity contribution in [3.63, 3.8) is 0 Å². The van der Waals surface area contributed by atoms with Crippen LogP contribution >= 0.6 is 0 Å². The molecule has 0 aliphatic carbocycles. The predicted molar refractivity (Wildman–Crippen MR) is 103 cm³/mol. The Kier molecular flexibility index (Phi) is 5.26. The molecule has 2 N–H and O–H groups in total. The Labute approximate surface area is 153 Å². The summed E-state index contributed by atoms with van der Waals surface area (Å²) in [5.74, 6) is -1.39. The third-order valence-electron chi connectivity index (χ3n) is 4.98. The van der Waals surface area contributed by atoms with E-state index in [1.54, 1.807) is 6.92 Å². The van der Waals surface area contributed by atoms with Gasteiger partial charge in [0, 0.05) is 25.0 Å². The quantitative estimate of drug-likeness (QED) is 0.864. The van der Waals surface area contributed by atoms with E-state index in [1.165, 1.54) is 0 Å². The normalized spacial score (nSPS) is 17.3. The SMILES string of the molecule is CC(Cc1ccc(NC(=O)C2CCN(C)c3ccccc32)cc1)C(=O)O. The van der Waals surface area contributed by atoms with E-state index in [9.17, 15) is 9.59 Å². The van der Waals surface area contributed by atoms with Gasteiger partial charge >= 0.3 is 5.97 Å². The highest BCUT2D eigenvalue weighted by Gasteiger charge is 2.28. The Morgan fingerprint density at radius 1 is 1.19 bits per heavy atom. The number of benzene rings is 2. The first kappa shape index (κ1) is 18.0. The number of rotatable bonds is 5. The van der Waals surface area contributed by atoms with Crippen molar-refractivity contribution in [1.82, 2.24) is 0 Å². The highest BCUT2D eigenvalue weighted by Crippen LogP contribution is 2.35. The molecule has 26 heavy (non-hydrogen) atoms. The van der Waals surface area contributed by atoms with Crippen LogP contribution in [0.25, 0.3) is 0 Å². The van der Waals surface area contributed by atoms with Gasteiger partial charge in [-0.25, -0.2) is 0 Å². The number of fused-ring (bicyclic) bond motifs is 1. The molecule has 0 saturated carbocycles. The van der Waals surface area contributed by atoms with Gasteiger partial charge in [0.25, 0.3) is 0 Å². The number of carbonyl (C=O) groups excluding carboxylic acids is 1. The number of aliphatic carboxylic acids is 1. The number of hydrogen-bond acceptors (Lipinski definition) is 3. The maximum Gasteiger partial charge on any atom is 0.306 e. The maximum absolute atomic E-state index is 12.8. The van der Waals surface area contributed by atoms with Crippen LogP contribution in [0.15, 0.2) is 48.5 Å². The first-order chi connectivity index (χ1) is 12.5. The molecule has 1 heterocycles. The number of anilines is 2. The second kappa shape index (κ2) is 7.60. The van der Waals surface area contributed by atoms with Gasteiger partial charge in [-0.3, -0.25) is 9.59 Å². The minimum atomic E-state index is -0.802. The number of carboxylic acids is 1. The summed E-state index contributed by atoms with van der Waals surface area (Å²) in [5, 5.41) is 12.0. The van der Waals surface area contributed by atoms with Crippen molar-refractivity contribution in [2.24, 2.45) is 5.92 Å². The molecule has 3 rings (SSSR count). The monoisotopic (exact) mass is 352 g/mol. The summed E-state index contributed by atoms with van der Waals surface area (Å²) in [7, 11) is 2.05. The molecule has 0 radical (unpaired) electrons. The minimum Gasteiger partial charge on any atom is -0.481 e. The molecule has 2 atom stereocenters. The lowest BCUT2D eigenvalue weighted by Gasteiger charge is -2.32. The van der Waals surface area contributed by atoms with Crippen molar-refractivity contribution in [3.05, 3.63) is 59.7 Å². The van der Waals surface area contributed by atoms with Crippen LogP contribution < -0.4 is 10.2 Å². The summed E-state index contributed by atoms with van der Waals surface area (Å²) >= 11 is 0. The van der Waals surface area contributed by atoms with E-state index in [0.717, 1.165) is 35.5 Å². The third kappa shape index (κ3) is 3.87. The first-order valence-corrected chi connectivity index (χ1v) is 8.88. The van der Waals surface area contributed by atoms with Crippen LogP contribution in [0.3, 0.4) is 0 Å². The van der Waals surface area contributed by atoms with Crippen molar-refractivity contribution >= 4 is 23.3 Å². The number of amides is 1. The topological polar surface area (TPSA) is 69.6 Å². The van der Waals surface area contributed by atoms with Gasteiger partial charge in [-0.05, 0) is 42.2 Å². The summed E-state index contributed by atoms with van der Waals surface area (Å²) in [5.41, 5.74) is 3.85. The maximum atomic E-state index is 12.8. The van der Waals surface area contributed by atoms with Gasteiger partial charge in [-0.1, -0.05) is 37.3 Å². The van der Waals surface area contributed by atoms with Crippen LogP contribution in [-0.2, 0) is 16.0 Å². The van der Waals surface area contributed by atoms with E-state index in [-0.39, 0.29) is 11.8 Å². The molecule has 2 unspecified atom stereocenters. The zero-order chi connectivity index (χ0) is 18.7. The van der Waals surface area contributed by atoms with Gasteiger partial charge in [0.2, 0.25) is 5.91 Å².